The first kappa shape index (κ1) is 14.2. The number of hydrogen-bond acceptors (Lipinski definition) is 3. The normalized spacial score (nSPS) is 24.7. The molecule has 0 heterocycles. The van der Waals surface area contributed by atoms with Crippen LogP contribution in [0.5, 0.6) is 0 Å². The number of carbonyl (C=O) groups is 1. The van der Waals surface area contributed by atoms with Crippen molar-refractivity contribution in [1.29, 1.82) is 0 Å². The summed E-state index contributed by atoms with van der Waals surface area (Å²) < 4.78 is 5.68. The van der Waals surface area contributed by atoms with Crippen LogP contribution >= 0.6 is 0 Å². The number of nitrogens with one attached hydrogen (secondary N) is 1. The van der Waals surface area contributed by atoms with E-state index in [4.69, 9.17) is 10.6 Å². The average molecular weight is 240 g/mol. The molecule has 1 aliphatic rings. The number of nitrogens with two attached hydrogens (primary N) is 1. The molecule has 0 aromatic heterocycles. The van der Waals surface area contributed by atoms with Gasteiger partial charge in [-0.25, -0.2) is 5.84 Å². The summed E-state index contributed by atoms with van der Waals surface area (Å²) >= 11 is 0. The average Bonchev–Trinajstić information content (AvgIpc) is 2.30. The van der Waals surface area contributed by atoms with Crippen molar-refractivity contribution in [2.45, 2.75) is 33.6 Å². The van der Waals surface area contributed by atoms with Gasteiger partial charge in [0.05, 0.1) is 12.0 Å². The summed E-state index contributed by atoms with van der Waals surface area (Å²) in [5, 5.41) is 0. The van der Waals surface area contributed by atoms with Gasteiger partial charge in [0.25, 0.3) is 0 Å². The van der Waals surface area contributed by atoms with Crippen molar-refractivity contribution >= 4 is 5.91 Å². The monoisotopic (exact) mass is 240 g/mol. The molecule has 0 aliphatic heterocycles. The lowest BCUT2D eigenvalue weighted by atomic mass is 9.85. The topological polar surface area (TPSA) is 64.3 Å². The van der Waals surface area contributed by atoms with E-state index in [0.29, 0.717) is 25.0 Å². The van der Waals surface area contributed by atoms with Gasteiger partial charge in [-0.05, 0) is 38.5 Å². The van der Waals surface area contributed by atoms with E-state index in [9.17, 15) is 4.79 Å². The number of rotatable bonds is 5. The molecule has 0 aromatic carbocycles. The van der Waals surface area contributed by atoms with Crippen molar-refractivity contribution in [2.75, 3.05) is 13.2 Å². The number of amides is 1. The maximum absolute atomic E-state index is 11.5. The largest absolute Gasteiger partial charge is 0.380 e. The molecule has 4 nitrogen and oxygen atoms in total. The standard InChI is InChI=1S/C13H24N2O2/c1-10-6-4-5-7-11(10)8-17-9-13(2,3)12(16)15-14/h4-5,10-11H,6-9,14H2,1-3H3,(H,15,16). The van der Waals surface area contributed by atoms with Crippen LogP contribution in [-0.4, -0.2) is 19.1 Å². The predicted octanol–water partition coefficient (Wildman–Crippen LogP) is 1.62. The van der Waals surface area contributed by atoms with Gasteiger partial charge >= 0.3 is 0 Å². The van der Waals surface area contributed by atoms with Gasteiger partial charge in [0.1, 0.15) is 0 Å². The van der Waals surface area contributed by atoms with Crippen molar-refractivity contribution in [3.63, 3.8) is 0 Å². The zero-order chi connectivity index (χ0) is 12.9. The Bertz CT molecular complexity index is 287. The van der Waals surface area contributed by atoms with E-state index in [-0.39, 0.29) is 5.91 Å². The fraction of sp³-hybridized carbons (Fsp3) is 0.769. The maximum atomic E-state index is 11.5. The van der Waals surface area contributed by atoms with Crippen LogP contribution in [0.2, 0.25) is 0 Å². The van der Waals surface area contributed by atoms with Crippen molar-refractivity contribution in [1.82, 2.24) is 5.43 Å². The molecule has 1 amide bonds. The van der Waals surface area contributed by atoms with Crippen molar-refractivity contribution < 1.29 is 9.53 Å². The molecule has 0 saturated heterocycles. The van der Waals surface area contributed by atoms with E-state index in [0.717, 1.165) is 12.8 Å². The zero-order valence-corrected chi connectivity index (χ0v) is 11.0. The van der Waals surface area contributed by atoms with E-state index >= 15 is 0 Å². The minimum atomic E-state index is -0.567. The summed E-state index contributed by atoms with van der Waals surface area (Å²) in [5.41, 5.74) is 1.61. The molecule has 2 unspecified atom stereocenters. The third-order valence-corrected chi connectivity index (χ3v) is 3.46. The molecule has 3 N–H and O–H groups in total. The van der Waals surface area contributed by atoms with Gasteiger partial charge in [-0.2, -0.15) is 0 Å². The number of hydrazine groups is 1. The van der Waals surface area contributed by atoms with E-state index in [1.54, 1.807) is 0 Å². The van der Waals surface area contributed by atoms with Crippen LogP contribution in [0, 0.1) is 17.3 Å². The van der Waals surface area contributed by atoms with Crippen LogP contribution < -0.4 is 11.3 Å². The van der Waals surface area contributed by atoms with Crippen LogP contribution in [-0.2, 0) is 9.53 Å². The van der Waals surface area contributed by atoms with Gasteiger partial charge in [0, 0.05) is 6.61 Å². The second-order valence-corrected chi connectivity index (χ2v) is 5.55. The number of ether oxygens (including phenoxy) is 1. The lowest BCUT2D eigenvalue weighted by Gasteiger charge is -2.27. The summed E-state index contributed by atoms with van der Waals surface area (Å²) in [6.45, 7) is 7.03. The minimum Gasteiger partial charge on any atom is -0.380 e. The summed E-state index contributed by atoms with van der Waals surface area (Å²) in [6.07, 6.45) is 6.64. The molecular formula is C13H24N2O2. The first-order valence-corrected chi connectivity index (χ1v) is 6.21. The SMILES string of the molecule is CC1CC=CCC1COCC(C)(C)C(=O)NN. The molecule has 0 fully saturated rings. The highest BCUT2D eigenvalue weighted by atomic mass is 16.5. The fourth-order valence-electron chi connectivity index (χ4n) is 1.97. The fourth-order valence-corrected chi connectivity index (χ4v) is 1.97. The van der Waals surface area contributed by atoms with Crippen molar-refractivity contribution in [2.24, 2.45) is 23.1 Å². The van der Waals surface area contributed by atoms with E-state index in [2.05, 4.69) is 24.5 Å². The van der Waals surface area contributed by atoms with Gasteiger partial charge in [-0.1, -0.05) is 19.1 Å². The molecule has 0 bridgehead atoms. The van der Waals surface area contributed by atoms with E-state index < -0.39 is 5.41 Å². The highest BCUT2D eigenvalue weighted by Gasteiger charge is 2.28. The number of allylic oxidation sites excluding steroid dienone is 2. The van der Waals surface area contributed by atoms with Gasteiger partial charge in [-0.15, -0.1) is 0 Å². The summed E-state index contributed by atoms with van der Waals surface area (Å²) in [5.74, 6) is 6.17. The molecule has 4 heteroatoms. The minimum absolute atomic E-state index is 0.186. The van der Waals surface area contributed by atoms with Crippen LogP contribution in [0.25, 0.3) is 0 Å². The van der Waals surface area contributed by atoms with Crippen LogP contribution in [0.15, 0.2) is 12.2 Å². The second kappa shape index (κ2) is 6.17. The van der Waals surface area contributed by atoms with Crippen molar-refractivity contribution in [3.8, 4) is 0 Å². The first-order chi connectivity index (χ1) is 7.97. The maximum Gasteiger partial charge on any atom is 0.241 e. The molecule has 1 rings (SSSR count). The molecule has 0 aromatic rings. The summed E-state index contributed by atoms with van der Waals surface area (Å²) in [4.78, 5) is 11.5. The Labute approximate surface area is 104 Å². The van der Waals surface area contributed by atoms with E-state index in [1.165, 1.54) is 0 Å². The first-order valence-electron chi connectivity index (χ1n) is 6.21. The Hall–Kier alpha value is -0.870. The molecule has 17 heavy (non-hydrogen) atoms. The van der Waals surface area contributed by atoms with Gasteiger partial charge in [0.15, 0.2) is 0 Å². The quantitative estimate of drug-likeness (QED) is 0.332. The predicted molar refractivity (Wildman–Crippen MR) is 68.0 cm³/mol. The number of hydrogen-bond donors (Lipinski definition) is 2. The molecule has 2 atom stereocenters. The Morgan fingerprint density at radius 2 is 2.12 bits per heavy atom. The summed E-state index contributed by atoms with van der Waals surface area (Å²) in [7, 11) is 0. The zero-order valence-electron chi connectivity index (χ0n) is 11.0. The van der Waals surface area contributed by atoms with Crippen molar-refractivity contribution in [3.05, 3.63) is 12.2 Å². The Morgan fingerprint density at radius 1 is 1.47 bits per heavy atom. The third kappa shape index (κ3) is 4.13. The molecular weight excluding hydrogens is 216 g/mol. The second-order valence-electron chi connectivity index (χ2n) is 5.55. The van der Waals surface area contributed by atoms with Gasteiger partial charge < -0.3 is 4.74 Å². The van der Waals surface area contributed by atoms with Crippen LogP contribution in [0.1, 0.15) is 33.6 Å². The molecule has 0 radical (unpaired) electrons. The highest BCUT2D eigenvalue weighted by molar-refractivity contribution is 5.81. The Kier molecular flexibility index (Phi) is 5.15. The smallest absolute Gasteiger partial charge is 0.241 e. The molecule has 1 aliphatic carbocycles. The van der Waals surface area contributed by atoms with Crippen LogP contribution in [0.4, 0.5) is 0 Å². The molecule has 98 valence electrons. The molecule has 0 spiro atoms. The lowest BCUT2D eigenvalue weighted by Crippen LogP contribution is -2.43. The van der Waals surface area contributed by atoms with Gasteiger partial charge in [-0.3, -0.25) is 10.2 Å². The third-order valence-electron chi connectivity index (χ3n) is 3.46. The lowest BCUT2D eigenvalue weighted by molar-refractivity contribution is -0.133. The summed E-state index contributed by atoms with van der Waals surface area (Å²) in [6, 6.07) is 0. The Balaban J connectivity index is 2.32. The molecule has 0 saturated carbocycles. The highest BCUT2D eigenvalue weighted by Crippen LogP contribution is 2.26. The van der Waals surface area contributed by atoms with Gasteiger partial charge in [0.2, 0.25) is 5.91 Å². The number of carbonyl (C=O) groups excluding carboxylic acids is 1. The van der Waals surface area contributed by atoms with Crippen LogP contribution in [0.3, 0.4) is 0 Å². The van der Waals surface area contributed by atoms with E-state index in [1.807, 2.05) is 13.8 Å². The Morgan fingerprint density at radius 3 is 2.71 bits per heavy atom.